The Balaban J connectivity index is 2.40. The van der Waals surface area contributed by atoms with Crippen LogP contribution < -0.4 is 0 Å². The first kappa shape index (κ1) is 10.8. The van der Waals surface area contributed by atoms with E-state index in [1.54, 1.807) is 0 Å². The average molecular weight is 182 g/mol. The van der Waals surface area contributed by atoms with Crippen LogP contribution in [-0.4, -0.2) is 12.2 Å². The predicted molar refractivity (Wildman–Crippen MR) is 56.9 cm³/mol. The highest BCUT2D eigenvalue weighted by Crippen LogP contribution is 2.27. The molecule has 1 aliphatic rings. The molecular weight excluding hydrogens is 160 g/mol. The molecule has 0 aromatic carbocycles. The van der Waals surface area contributed by atoms with Crippen molar-refractivity contribution in [3.8, 4) is 0 Å². The first-order valence-electron chi connectivity index (χ1n) is 5.48. The van der Waals surface area contributed by atoms with E-state index in [-0.39, 0.29) is 5.60 Å². The highest BCUT2D eigenvalue weighted by atomic mass is 16.5. The van der Waals surface area contributed by atoms with E-state index in [0.29, 0.717) is 0 Å². The van der Waals surface area contributed by atoms with Gasteiger partial charge in [0, 0.05) is 0 Å². The second kappa shape index (κ2) is 4.80. The van der Waals surface area contributed by atoms with Crippen LogP contribution in [0.15, 0.2) is 11.6 Å². The van der Waals surface area contributed by atoms with E-state index in [0.717, 1.165) is 13.0 Å². The lowest BCUT2D eigenvalue weighted by Gasteiger charge is -2.31. The Morgan fingerprint density at radius 3 is 2.85 bits per heavy atom. The van der Waals surface area contributed by atoms with Gasteiger partial charge in [0.05, 0.1) is 12.2 Å². The number of rotatable bonds is 4. The van der Waals surface area contributed by atoms with Gasteiger partial charge in [-0.2, -0.15) is 0 Å². The first-order valence-corrected chi connectivity index (χ1v) is 5.48. The van der Waals surface area contributed by atoms with E-state index < -0.39 is 0 Å². The van der Waals surface area contributed by atoms with Gasteiger partial charge in [0.15, 0.2) is 0 Å². The molecular formula is C12H22O. The number of hydrogen-bond donors (Lipinski definition) is 0. The van der Waals surface area contributed by atoms with Gasteiger partial charge in [0.25, 0.3) is 0 Å². The molecule has 0 saturated carbocycles. The lowest BCUT2D eigenvalue weighted by molar-refractivity contribution is -0.0101. The summed E-state index contributed by atoms with van der Waals surface area (Å²) in [6.07, 6.45) is 8.51. The van der Waals surface area contributed by atoms with Crippen molar-refractivity contribution in [2.45, 2.75) is 58.5 Å². The maximum atomic E-state index is 5.81. The fraction of sp³-hybridized carbons (Fsp3) is 0.833. The summed E-state index contributed by atoms with van der Waals surface area (Å²) in [6, 6.07) is 0. The summed E-state index contributed by atoms with van der Waals surface area (Å²) >= 11 is 0. The van der Waals surface area contributed by atoms with Gasteiger partial charge in [-0.05, 0) is 26.7 Å². The Morgan fingerprint density at radius 1 is 1.46 bits per heavy atom. The van der Waals surface area contributed by atoms with Crippen molar-refractivity contribution in [3.63, 3.8) is 0 Å². The second-order valence-electron chi connectivity index (χ2n) is 4.36. The third-order valence-electron chi connectivity index (χ3n) is 2.76. The molecule has 0 aromatic rings. The third kappa shape index (κ3) is 3.51. The quantitative estimate of drug-likeness (QED) is 0.476. The third-order valence-corrected chi connectivity index (χ3v) is 2.76. The monoisotopic (exact) mass is 182 g/mol. The van der Waals surface area contributed by atoms with Crippen molar-refractivity contribution < 1.29 is 4.74 Å². The molecule has 1 heterocycles. The molecule has 1 unspecified atom stereocenters. The Hall–Kier alpha value is -0.300. The van der Waals surface area contributed by atoms with Gasteiger partial charge in [-0.15, -0.1) is 0 Å². The largest absolute Gasteiger partial charge is 0.371 e. The van der Waals surface area contributed by atoms with Crippen LogP contribution >= 0.6 is 0 Å². The summed E-state index contributed by atoms with van der Waals surface area (Å²) in [5.41, 5.74) is 1.53. The van der Waals surface area contributed by atoms with Crippen molar-refractivity contribution in [1.29, 1.82) is 0 Å². The minimum atomic E-state index is 0.0392. The number of ether oxygens (including phenoxy) is 1. The highest BCUT2D eigenvalue weighted by Gasteiger charge is 2.24. The summed E-state index contributed by atoms with van der Waals surface area (Å²) in [4.78, 5) is 0. The molecule has 0 bridgehead atoms. The molecule has 1 nitrogen and oxygen atoms in total. The fourth-order valence-electron chi connectivity index (χ4n) is 1.95. The molecule has 0 N–H and O–H groups in total. The van der Waals surface area contributed by atoms with Crippen molar-refractivity contribution in [1.82, 2.24) is 0 Å². The molecule has 13 heavy (non-hydrogen) atoms. The fourth-order valence-corrected chi connectivity index (χ4v) is 1.95. The number of unbranched alkanes of at least 4 members (excludes halogenated alkanes) is 2. The van der Waals surface area contributed by atoms with Crippen LogP contribution in [0.2, 0.25) is 0 Å². The van der Waals surface area contributed by atoms with Crippen molar-refractivity contribution in [3.05, 3.63) is 11.6 Å². The van der Waals surface area contributed by atoms with Crippen molar-refractivity contribution >= 4 is 0 Å². The van der Waals surface area contributed by atoms with E-state index in [9.17, 15) is 0 Å². The minimum absolute atomic E-state index is 0.0392. The molecule has 0 aliphatic carbocycles. The lowest BCUT2D eigenvalue weighted by atomic mass is 9.93. The smallest absolute Gasteiger partial charge is 0.0837 e. The molecule has 0 spiro atoms. The van der Waals surface area contributed by atoms with Gasteiger partial charge < -0.3 is 4.74 Å². The standard InChI is InChI=1S/C12H22O/c1-4-5-6-8-12(3)10-11(2)7-9-13-12/h10H,4-9H2,1-3H3. The zero-order valence-corrected chi connectivity index (χ0v) is 9.23. The van der Waals surface area contributed by atoms with Crippen molar-refractivity contribution in [2.75, 3.05) is 6.61 Å². The molecule has 1 heteroatoms. The second-order valence-corrected chi connectivity index (χ2v) is 4.36. The summed E-state index contributed by atoms with van der Waals surface area (Å²) in [5, 5.41) is 0. The zero-order chi connectivity index (χ0) is 9.73. The molecule has 0 amide bonds. The zero-order valence-electron chi connectivity index (χ0n) is 9.23. The van der Waals surface area contributed by atoms with E-state index >= 15 is 0 Å². The van der Waals surface area contributed by atoms with Crippen LogP contribution in [0.4, 0.5) is 0 Å². The Labute approximate surface area is 82.2 Å². The van der Waals surface area contributed by atoms with Crippen molar-refractivity contribution in [2.24, 2.45) is 0 Å². The van der Waals surface area contributed by atoms with Crippen LogP contribution in [0.1, 0.15) is 52.9 Å². The Morgan fingerprint density at radius 2 is 2.23 bits per heavy atom. The summed E-state index contributed by atoms with van der Waals surface area (Å²) in [6.45, 7) is 7.57. The van der Waals surface area contributed by atoms with Crippen LogP contribution in [0.5, 0.6) is 0 Å². The molecule has 0 aromatic heterocycles. The van der Waals surface area contributed by atoms with Crippen LogP contribution in [0.25, 0.3) is 0 Å². The molecule has 0 saturated heterocycles. The normalized spacial score (nSPS) is 28.7. The van der Waals surface area contributed by atoms with Gasteiger partial charge in [0.1, 0.15) is 0 Å². The van der Waals surface area contributed by atoms with E-state index in [2.05, 4.69) is 26.8 Å². The Kier molecular flexibility index (Phi) is 3.98. The summed E-state index contributed by atoms with van der Waals surface area (Å²) < 4.78 is 5.81. The highest BCUT2D eigenvalue weighted by molar-refractivity contribution is 5.11. The molecule has 1 atom stereocenters. The van der Waals surface area contributed by atoms with Crippen LogP contribution in [0, 0.1) is 0 Å². The SMILES string of the molecule is CCCCCC1(C)C=C(C)CCO1. The predicted octanol–water partition coefficient (Wildman–Crippen LogP) is 3.69. The van der Waals surface area contributed by atoms with Gasteiger partial charge >= 0.3 is 0 Å². The van der Waals surface area contributed by atoms with Gasteiger partial charge in [0.2, 0.25) is 0 Å². The number of hydrogen-bond acceptors (Lipinski definition) is 1. The summed E-state index contributed by atoms with van der Waals surface area (Å²) in [5.74, 6) is 0. The first-order chi connectivity index (χ1) is 6.16. The molecule has 0 radical (unpaired) electrons. The van der Waals surface area contributed by atoms with Crippen LogP contribution in [-0.2, 0) is 4.74 Å². The van der Waals surface area contributed by atoms with E-state index in [4.69, 9.17) is 4.74 Å². The van der Waals surface area contributed by atoms with Gasteiger partial charge in [-0.1, -0.05) is 37.8 Å². The van der Waals surface area contributed by atoms with E-state index in [1.807, 2.05) is 0 Å². The molecule has 1 aliphatic heterocycles. The summed E-state index contributed by atoms with van der Waals surface area (Å²) in [7, 11) is 0. The van der Waals surface area contributed by atoms with Gasteiger partial charge in [-0.25, -0.2) is 0 Å². The maximum absolute atomic E-state index is 5.81. The average Bonchev–Trinajstić information content (AvgIpc) is 2.04. The van der Waals surface area contributed by atoms with Crippen LogP contribution in [0.3, 0.4) is 0 Å². The van der Waals surface area contributed by atoms with Gasteiger partial charge in [-0.3, -0.25) is 0 Å². The molecule has 0 fully saturated rings. The Bertz CT molecular complexity index is 184. The lowest BCUT2D eigenvalue weighted by Crippen LogP contribution is -2.30. The maximum Gasteiger partial charge on any atom is 0.0837 e. The minimum Gasteiger partial charge on any atom is -0.371 e. The topological polar surface area (TPSA) is 9.23 Å². The van der Waals surface area contributed by atoms with E-state index in [1.165, 1.54) is 31.3 Å². The molecule has 76 valence electrons. The molecule has 1 rings (SSSR count).